The lowest BCUT2D eigenvalue weighted by molar-refractivity contribution is -0.126. The van der Waals surface area contributed by atoms with Crippen molar-refractivity contribution >= 4 is 23.5 Å². The van der Waals surface area contributed by atoms with Crippen molar-refractivity contribution in [1.29, 1.82) is 0 Å². The van der Waals surface area contributed by atoms with Crippen molar-refractivity contribution in [2.75, 3.05) is 12.4 Å². The monoisotopic (exact) mass is 311 g/mol. The Bertz CT molecular complexity index is 514. The Labute approximate surface area is 130 Å². The van der Waals surface area contributed by atoms with Crippen molar-refractivity contribution in [3.63, 3.8) is 0 Å². The first-order valence-electron chi connectivity index (χ1n) is 7.35. The van der Waals surface area contributed by atoms with E-state index in [-0.39, 0.29) is 22.4 Å². The number of rotatable bonds is 5. The highest BCUT2D eigenvalue weighted by Gasteiger charge is 2.41. The van der Waals surface area contributed by atoms with Gasteiger partial charge in [0.05, 0.1) is 7.11 Å². The number of nitrogens with zero attached hydrogens (tertiary/aromatic N) is 2. The average molecular weight is 312 g/mol. The van der Waals surface area contributed by atoms with Gasteiger partial charge in [-0.1, -0.05) is 38.3 Å². The molecular formula is C15H22ClN3O2. The maximum atomic E-state index is 12.7. The van der Waals surface area contributed by atoms with Gasteiger partial charge < -0.3 is 4.74 Å². The zero-order valence-corrected chi connectivity index (χ0v) is 13.5. The molecule has 1 aromatic heterocycles. The van der Waals surface area contributed by atoms with Crippen LogP contribution >= 0.6 is 11.6 Å². The number of methoxy groups -OCH3 is 1. The van der Waals surface area contributed by atoms with Crippen LogP contribution in [-0.2, 0) is 4.79 Å². The van der Waals surface area contributed by atoms with E-state index in [4.69, 9.17) is 16.3 Å². The van der Waals surface area contributed by atoms with Crippen LogP contribution in [0.3, 0.4) is 0 Å². The summed E-state index contributed by atoms with van der Waals surface area (Å²) in [7, 11) is 1.50. The molecule has 6 heteroatoms. The summed E-state index contributed by atoms with van der Waals surface area (Å²) in [6.45, 7) is 4.29. The van der Waals surface area contributed by atoms with Crippen LogP contribution in [-0.4, -0.2) is 23.0 Å². The fourth-order valence-electron chi connectivity index (χ4n) is 3.15. The van der Waals surface area contributed by atoms with Gasteiger partial charge in [-0.15, -0.1) is 0 Å². The van der Waals surface area contributed by atoms with Crippen molar-refractivity contribution in [2.45, 2.75) is 46.0 Å². The first-order valence-corrected chi connectivity index (χ1v) is 7.73. The number of nitrogens with one attached hydrogen (secondary N) is 1. The predicted octanol–water partition coefficient (Wildman–Crippen LogP) is 3.68. The van der Waals surface area contributed by atoms with E-state index < -0.39 is 0 Å². The maximum absolute atomic E-state index is 12.7. The molecule has 0 saturated heterocycles. The van der Waals surface area contributed by atoms with Crippen molar-refractivity contribution in [1.82, 2.24) is 9.97 Å². The second-order valence-corrected chi connectivity index (χ2v) is 6.48. The van der Waals surface area contributed by atoms with Crippen LogP contribution in [0, 0.1) is 11.3 Å². The van der Waals surface area contributed by atoms with Gasteiger partial charge in [-0.25, -0.2) is 4.98 Å². The summed E-state index contributed by atoms with van der Waals surface area (Å²) in [4.78, 5) is 20.9. The number of hydrogen-bond donors (Lipinski definition) is 1. The lowest BCUT2D eigenvalue weighted by atomic mass is 9.78. The third kappa shape index (κ3) is 3.84. The summed E-state index contributed by atoms with van der Waals surface area (Å²) in [5.74, 6) is 1.02. The smallest absolute Gasteiger partial charge is 0.234 e. The number of carbonyl (C=O) groups is 1. The zero-order valence-electron chi connectivity index (χ0n) is 12.8. The molecule has 2 rings (SSSR count). The largest absolute Gasteiger partial charge is 0.481 e. The molecule has 0 bridgehead atoms. The highest BCUT2D eigenvalue weighted by atomic mass is 35.5. The van der Waals surface area contributed by atoms with Gasteiger partial charge in [0, 0.05) is 11.5 Å². The Hall–Kier alpha value is -1.36. The highest BCUT2D eigenvalue weighted by Crippen LogP contribution is 2.44. The molecule has 0 aromatic carbocycles. The first kappa shape index (κ1) is 16.0. The van der Waals surface area contributed by atoms with Crippen molar-refractivity contribution < 1.29 is 9.53 Å². The molecule has 116 valence electrons. The average Bonchev–Trinajstić information content (AvgIpc) is 2.86. The highest BCUT2D eigenvalue weighted by molar-refractivity contribution is 6.29. The number of amides is 1. The molecule has 1 aliphatic carbocycles. The fourth-order valence-corrected chi connectivity index (χ4v) is 3.32. The minimum Gasteiger partial charge on any atom is -0.481 e. The molecule has 0 unspecified atom stereocenters. The van der Waals surface area contributed by atoms with Gasteiger partial charge in [0.25, 0.3) is 0 Å². The van der Waals surface area contributed by atoms with E-state index >= 15 is 0 Å². The van der Waals surface area contributed by atoms with Crippen LogP contribution in [0.1, 0.15) is 46.0 Å². The van der Waals surface area contributed by atoms with Crippen LogP contribution in [0.5, 0.6) is 5.88 Å². The van der Waals surface area contributed by atoms with Gasteiger partial charge >= 0.3 is 0 Å². The van der Waals surface area contributed by atoms with E-state index in [0.29, 0.717) is 11.8 Å². The lowest BCUT2D eigenvalue weighted by Crippen LogP contribution is -2.35. The van der Waals surface area contributed by atoms with Crippen LogP contribution < -0.4 is 10.1 Å². The minimum absolute atomic E-state index is 0.00183. The van der Waals surface area contributed by atoms with E-state index in [9.17, 15) is 4.79 Å². The number of aromatic nitrogens is 2. The van der Waals surface area contributed by atoms with Crippen molar-refractivity contribution in [2.24, 2.45) is 11.3 Å². The topological polar surface area (TPSA) is 64.1 Å². The Morgan fingerprint density at radius 3 is 2.67 bits per heavy atom. The summed E-state index contributed by atoms with van der Waals surface area (Å²) >= 11 is 5.91. The Morgan fingerprint density at radius 1 is 1.43 bits per heavy atom. The van der Waals surface area contributed by atoms with Crippen molar-refractivity contribution in [3.8, 4) is 5.88 Å². The number of ether oxygens (including phenoxy) is 1. The fraction of sp³-hybridized carbons (Fsp3) is 0.667. The summed E-state index contributed by atoms with van der Waals surface area (Å²) in [6, 6.07) is 1.51. The van der Waals surface area contributed by atoms with Gasteiger partial charge in [0.2, 0.25) is 17.7 Å². The van der Waals surface area contributed by atoms with Crippen molar-refractivity contribution in [3.05, 3.63) is 11.2 Å². The van der Waals surface area contributed by atoms with E-state index in [1.54, 1.807) is 0 Å². The summed E-state index contributed by atoms with van der Waals surface area (Å²) in [6.07, 6.45) is 4.93. The van der Waals surface area contributed by atoms with Gasteiger partial charge in [-0.05, 0) is 25.2 Å². The third-order valence-electron chi connectivity index (χ3n) is 3.95. The standard InChI is InChI=1S/C15H22ClN3O2/c1-10(2)9-15(6-4-5-7-15)13(20)19-14-17-11(16)8-12(18-14)21-3/h8,10H,4-7,9H2,1-3H3,(H,17,18,19,20). The van der Waals surface area contributed by atoms with Crippen LogP contribution in [0.25, 0.3) is 0 Å². The van der Waals surface area contributed by atoms with Gasteiger partial charge in [-0.2, -0.15) is 4.98 Å². The van der Waals surface area contributed by atoms with Gasteiger partial charge in [0.1, 0.15) is 5.15 Å². The normalized spacial score (nSPS) is 17.0. The molecule has 1 fully saturated rings. The maximum Gasteiger partial charge on any atom is 0.234 e. The molecule has 1 aliphatic rings. The molecule has 0 atom stereocenters. The second-order valence-electron chi connectivity index (χ2n) is 6.10. The van der Waals surface area contributed by atoms with Gasteiger partial charge in [-0.3, -0.25) is 10.1 Å². The van der Waals surface area contributed by atoms with Crippen LogP contribution in [0.2, 0.25) is 5.15 Å². The number of halogens is 1. The molecule has 5 nitrogen and oxygen atoms in total. The van der Waals surface area contributed by atoms with E-state index in [2.05, 4.69) is 29.1 Å². The Morgan fingerprint density at radius 2 is 2.10 bits per heavy atom. The van der Waals surface area contributed by atoms with Crippen LogP contribution in [0.4, 0.5) is 5.95 Å². The predicted molar refractivity (Wildman–Crippen MR) is 82.6 cm³/mol. The van der Waals surface area contributed by atoms with Crippen LogP contribution in [0.15, 0.2) is 6.07 Å². The SMILES string of the molecule is COc1cc(Cl)nc(NC(=O)C2(CC(C)C)CCCC2)n1. The molecule has 0 aliphatic heterocycles. The molecule has 1 heterocycles. The molecule has 1 N–H and O–H groups in total. The second kappa shape index (κ2) is 6.60. The molecule has 1 saturated carbocycles. The summed E-state index contributed by atoms with van der Waals surface area (Å²) in [5, 5.41) is 3.07. The molecule has 0 radical (unpaired) electrons. The van der Waals surface area contributed by atoms with E-state index in [1.165, 1.54) is 13.2 Å². The Balaban J connectivity index is 2.17. The molecule has 1 aromatic rings. The molecular weight excluding hydrogens is 290 g/mol. The quantitative estimate of drug-likeness (QED) is 0.842. The number of anilines is 1. The molecule has 0 spiro atoms. The van der Waals surface area contributed by atoms with Gasteiger partial charge in [0.15, 0.2) is 0 Å². The number of hydrogen-bond acceptors (Lipinski definition) is 4. The third-order valence-corrected chi connectivity index (χ3v) is 4.14. The lowest BCUT2D eigenvalue weighted by Gasteiger charge is -2.29. The first-order chi connectivity index (χ1) is 9.95. The zero-order chi connectivity index (χ0) is 15.5. The summed E-state index contributed by atoms with van der Waals surface area (Å²) < 4.78 is 5.05. The number of carbonyl (C=O) groups excluding carboxylic acids is 1. The van der Waals surface area contributed by atoms with E-state index in [0.717, 1.165) is 32.1 Å². The van der Waals surface area contributed by atoms with E-state index in [1.807, 2.05) is 0 Å². The minimum atomic E-state index is -0.299. The molecule has 21 heavy (non-hydrogen) atoms. The molecule has 1 amide bonds. The Kier molecular flexibility index (Phi) is 5.04. The summed E-state index contributed by atoms with van der Waals surface area (Å²) in [5.41, 5.74) is -0.299.